The van der Waals surface area contributed by atoms with E-state index in [1.165, 1.54) is 0 Å². The molecule has 1 aliphatic rings. The van der Waals surface area contributed by atoms with Crippen LogP contribution in [-0.4, -0.2) is 23.7 Å². The fourth-order valence-corrected chi connectivity index (χ4v) is 1.69. The number of primary amides is 1. The predicted octanol–water partition coefficient (Wildman–Crippen LogP) is 0.466. The fraction of sp³-hybridized carbons (Fsp3) is 0.556. The number of urea groups is 1. The van der Waals surface area contributed by atoms with E-state index in [9.17, 15) is 9.59 Å². The van der Waals surface area contributed by atoms with E-state index in [0.717, 1.165) is 12.8 Å². The van der Waals surface area contributed by atoms with Crippen LogP contribution in [0, 0.1) is 5.92 Å². The largest absolute Gasteiger partial charge is 0.478 e. The van der Waals surface area contributed by atoms with E-state index in [4.69, 9.17) is 10.8 Å². The second kappa shape index (κ2) is 4.64. The maximum atomic E-state index is 10.7. The van der Waals surface area contributed by atoms with E-state index in [2.05, 4.69) is 5.32 Å². The van der Waals surface area contributed by atoms with Gasteiger partial charge < -0.3 is 16.2 Å². The van der Waals surface area contributed by atoms with Crippen molar-refractivity contribution in [3.63, 3.8) is 0 Å². The molecule has 0 radical (unpaired) electrons. The van der Waals surface area contributed by atoms with Crippen molar-refractivity contribution >= 4 is 12.0 Å². The number of carboxylic acids is 1. The topological polar surface area (TPSA) is 92.4 Å². The van der Waals surface area contributed by atoms with Crippen molar-refractivity contribution < 1.29 is 14.7 Å². The standard InChI is InChI=1S/C9H14N2O3/c10-9(14)11-5-4-6-2-1-3-7(6)8(12)13/h3,6H,1-2,4-5H2,(H,12,13)(H3,10,11,14). The molecule has 4 N–H and O–H groups in total. The van der Waals surface area contributed by atoms with Gasteiger partial charge in [-0.3, -0.25) is 0 Å². The fourth-order valence-electron chi connectivity index (χ4n) is 1.69. The first-order chi connectivity index (χ1) is 6.61. The molecular formula is C9H14N2O3. The highest BCUT2D eigenvalue weighted by atomic mass is 16.4. The first-order valence-electron chi connectivity index (χ1n) is 4.58. The van der Waals surface area contributed by atoms with Gasteiger partial charge >= 0.3 is 12.0 Å². The molecule has 0 spiro atoms. The van der Waals surface area contributed by atoms with Crippen LogP contribution in [0.15, 0.2) is 11.6 Å². The summed E-state index contributed by atoms with van der Waals surface area (Å²) in [6.07, 6.45) is 4.04. The van der Waals surface area contributed by atoms with Crippen molar-refractivity contribution in [2.45, 2.75) is 19.3 Å². The Morgan fingerprint density at radius 3 is 2.93 bits per heavy atom. The smallest absolute Gasteiger partial charge is 0.331 e. The van der Waals surface area contributed by atoms with Gasteiger partial charge in [-0.05, 0) is 25.2 Å². The molecule has 0 aromatic carbocycles. The number of rotatable bonds is 4. The van der Waals surface area contributed by atoms with Crippen LogP contribution in [0.2, 0.25) is 0 Å². The van der Waals surface area contributed by atoms with Crippen LogP contribution in [0.5, 0.6) is 0 Å². The molecule has 1 rings (SSSR count). The van der Waals surface area contributed by atoms with Gasteiger partial charge in [0.2, 0.25) is 0 Å². The van der Waals surface area contributed by atoms with Crippen LogP contribution in [0.1, 0.15) is 19.3 Å². The van der Waals surface area contributed by atoms with Gasteiger partial charge in [0, 0.05) is 12.1 Å². The van der Waals surface area contributed by atoms with Crippen molar-refractivity contribution in [3.05, 3.63) is 11.6 Å². The minimum absolute atomic E-state index is 0.0550. The highest BCUT2D eigenvalue weighted by molar-refractivity contribution is 5.87. The van der Waals surface area contributed by atoms with Gasteiger partial charge in [0.15, 0.2) is 0 Å². The van der Waals surface area contributed by atoms with Gasteiger partial charge in [0.05, 0.1) is 0 Å². The van der Waals surface area contributed by atoms with Gasteiger partial charge in [-0.2, -0.15) is 0 Å². The number of carbonyl (C=O) groups excluding carboxylic acids is 1. The summed E-state index contributed by atoms with van der Waals surface area (Å²) in [5.41, 5.74) is 5.36. The Labute approximate surface area is 82.0 Å². The number of aliphatic carboxylic acids is 1. The van der Waals surface area contributed by atoms with Crippen molar-refractivity contribution in [2.24, 2.45) is 11.7 Å². The third-order valence-electron chi connectivity index (χ3n) is 2.36. The molecule has 0 bridgehead atoms. The zero-order valence-electron chi connectivity index (χ0n) is 7.82. The molecule has 14 heavy (non-hydrogen) atoms. The molecule has 1 aliphatic carbocycles. The summed E-state index contributed by atoms with van der Waals surface area (Å²) in [5.74, 6) is -0.800. The van der Waals surface area contributed by atoms with E-state index < -0.39 is 12.0 Å². The van der Waals surface area contributed by atoms with E-state index in [-0.39, 0.29) is 5.92 Å². The molecule has 5 heteroatoms. The van der Waals surface area contributed by atoms with Gasteiger partial charge in [0.1, 0.15) is 0 Å². The number of carboxylic acid groups (broad SMARTS) is 1. The second-order valence-electron chi connectivity index (χ2n) is 3.32. The van der Waals surface area contributed by atoms with Crippen molar-refractivity contribution in [2.75, 3.05) is 6.54 Å². The summed E-state index contributed by atoms with van der Waals surface area (Å²) in [6.45, 7) is 0.435. The molecule has 78 valence electrons. The number of amides is 2. The Morgan fingerprint density at radius 1 is 1.64 bits per heavy atom. The zero-order valence-corrected chi connectivity index (χ0v) is 7.82. The molecule has 0 aromatic heterocycles. The molecular weight excluding hydrogens is 184 g/mol. The SMILES string of the molecule is NC(=O)NCCC1CCC=C1C(=O)O. The lowest BCUT2D eigenvalue weighted by molar-refractivity contribution is -0.133. The van der Waals surface area contributed by atoms with E-state index in [1.54, 1.807) is 6.08 Å². The minimum Gasteiger partial charge on any atom is -0.478 e. The third-order valence-corrected chi connectivity index (χ3v) is 2.36. The van der Waals surface area contributed by atoms with E-state index >= 15 is 0 Å². The Morgan fingerprint density at radius 2 is 2.36 bits per heavy atom. The quantitative estimate of drug-likeness (QED) is 0.612. The van der Waals surface area contributed by atoms with Crippen LogP contribution < -0.4 is 11.1 Å². The molecule has 1 atom stereocenters. The molecule has 0 heterocycles. The molecule has 1 unspecified atom stereocenters. The Bertz CT molecular complexity index is 273. The minimum atomic E-state index is -0.855. The van der Waals surface area contributed by atoms with E-state index in [1.807, 2.05) is 0 Å². The highest BCUT2D eigenvalue weighted by Crippen LogP contribution is 2.28. The van der Waals surface area contributed by atoms with Gasteiger partial charge in [0.25, 0.3) is 0 Å². The normalized spacial score (nSPS) is 20.3. The molecule has 0 fully saturated rings. The van der Waals surface area contributed by atoms with Crippen molar-refractivity contribution in [1.82, 2.24) is 5.32 Å². The lowest BCUT2D eigenvalue weighted by atomic mass is 9.98. The molecule has 0 aromatic rings. The summed E-state index contributed by atoms with van der Waals surface area (Å²) >= 11 is 0. The summed E-state index contributed by atoms with van der Waals surface area (Å²) < 4.78 is 0. The molecule has 0 saturated carbocycles. The number of allylic oxidation sites excluding steroid dienone is 1. The number of hydrogen-bond donors (Lipinski definition) is 3. The van der Waals surface area contributed by atoms with Crippen LogP contribution in [0.3, 0.4) is 0 Å². The van der Waals surface area contributed by atoms with Crippen LogP contribution in [0.25, 0.3) is 0 Å². The average Bonchev–Trinajstić information content (AvgIpc) is 2.51. The van der Waals surface area contributed by atoms with Gasteiger partial charge in [-0.15, -0.1) is 0 Å². The summed E-state index contributed by atoms with van der Waals surface area (Å²) in [6, 6.07) is -0.566. The molecule has 0 aliphatic heterocycles. The molecule has 5 nitrogen and oxygen atoms in total. The lowest BCUT2D eigenvalue weighted by Crippen LogP contribution is -2.31. The summed E-state index contributed by atoms with van der Waals surface area (Å²) in [4.78, 5) is 21.1. The third kappa shape index (κ3) is 2.76. The van der Waals surface area contributed by atoms with Crippen molar-refractivity contribution in [3.8, 4) is 0 Å². The Kier molecular flexibility index (Phi) is 3.50. The number of nitrogens with one attached hydrogen (secondary N) is 1. The summed E-state index contributed by atoms with van der Waals surface area (Å²) in [7, 11) is 0. The maximum Gasteiger partial charge on any atom is 0.331 e. The average molecular weight is 198 g/mol. The van der Waals surface area contributed by atoms with Gasteiger partial charge in [-0.1, -0.05) is 6.08 Å². The number of nitrogens with two attached hydrogens (primary N) is 1. The zero-order chi connectivity index (χ0) is 10.6. The van der Waals surface area contributed by atoms with Crippen LogP contribution >= 0.6 is 0 Å². The van der Waals surface area contributed by atoms with E-state index in [0.29, 0.717) is 18.5 Å². The monoisotopic (exact) mass is 198 g/mol. The van der Waals surface area contributed by atoms with Crippen molar-refractivity contribution in [1.29, 1.82) is 0 Å². The first kappa shape index (κ1) is 10.6. The number of carbonyl (C=O) groups is 2. The Hall–Kier alpha value is -1.52. The molecule has 0 saturated heterocycles. The van der Waals surface area contributed by atoms with Crippen LogP contribution in [0.4, 0.5) is 4.79 Å². The maximum absolute atomic E-state index is 10.7. The lowest BCUT2D eigenvalue weighted by Gasteiger charge is -2.11. The first-order valence-corrected chi connectivity index (χ1v) is 4.58. The predicted molar refractivity (Wildman–Crippen MR) is 50.6 cm³/mol. The van der Waals surface area contributed by atoms with Gasteiger partial charge in [-0.25, -0.2) is 9.59 Å². The highest BCUT2D eigenvalue weighted by Gasteiger charge is 2.23. The summed E-state index contributed by atoms with van der Waals surface area (Å²) in [5, 5.41) is 11.3. The number of hydrogen-bond acceptors (Lipinski definition) is 2. The molecule has 2 amide bonds. The second-order valence-corrected chi connectivity index (χ2v) is 3.32. The Balaban J connectivity index is 2.35. The van der Waals surface area contributed by atoms with Crippen LogP contribution in [-0.2, 0) is 4.79 Å².